The Morgan fingerprint density at radius 1 is 1.22 bits per heavy atom. The molecule has 0 radical (unpaired) electrons. The fraction of sp³-hybridized carbons (Fsp3) is 0.222. The minimum atomic E-state index is -0.0560. The van der Waals surface area contributed by atoms with E-state index < -0.39 is 0 Å². The molecule has 0 bridgehead atoms. The Balaban J connectivity index is 2.34. The third-order valence-electron chi connectivity index (χ3n) is 3.59. The molecule has 0 saturated carbocycles. The highest BCUT2D eigenvalue weighted by Gasteiger charge is 2.14. The van der Waals surface area contributed by atoms with Crippen LogP contribution in [0.3, 0.4) is 0 Å². The van der Waals surface area contributed by atoms with E-state index in [0.29, 0.717) is 21.1 Å². The van der Waals surface area contributed by atoms with Crippen LogP contribution in [0.5, 0.6) is 0 Å². The van der Waals surface area contributed by atoms with Crippen LogP contribution in [0.15, 0.2) is 52.4 Å². The van der Waals surface area contributed by atoms with Crippen LogP contribution in [0.4, 0.5) is 0 Å². The van der Waals surface area contributed by atoms with Gasteiger partial charge in [0.15, 0.2) is 5.16 Å². The van der Waals surface area contributed by atoms with Crippen molar-refractivity contribution in [3.05, 3.63) is 63.4 Å². The fourth-order valence-corrected chi connectivity index (χ4v) is 3.48. The molecule has 0 aliphatic heterocycles. The molecule has 0 aliphatic rings. The zero-order valence-corrected chi connectivity index (χ0v) is 14.6. The minimum absolute atomic E-state index is 0.0560. The van der Waals surface area contributed by atoms with E-state index in [1.165, 1.54) is 0 Å². The summed E-state index contributed by atoms with van der Waals surface area (Å²) in [5.74, 6) is 0.907. The third-order valence-corrected chi connectivity index (χ3v) is 4.97. The number of aromatic nitrogens is 2. The molecule has 0 N–H and O–H groups in total. The predicted molar refractivity (Wildman–Crippen MR) is 98.1 cm³/mol. The van der Waals surface area contributed by atoms with Gasteiger partial charge in [-0.3, -0.25) is 9.36 Å². The lowest BCUT2D eigenvalue weighted by Gasteiger charge is -2.15. The first kappa shape index (κ1) is 16.1. The first-order chi connectivity index (χ1) is 11.1. The normalized spacial score (nSPS) is 11.1. The molecule has 0 saturated heterocycles. The SMILES string of the molecule is CCCSc1nc2cc(Cl)ccc2c(=O)n1-c1ccccc1C. The van der Waals surface area contributed by atoms with Gasteiger partial charge < -0.3 is 0 Å². The van der Waals surface area contributed by atoms with E-state index in [1.807, 2.05) is 31.2 Å². The molecule has 0 spiro atoms. The number of para-hydroxylation sites is 1. The third kappa shape index (κ3) is 3.14. The van der Waals surface area contributed by atoms with Crippen LogP contribution in [-0.2, 0) is 0 Å². The van der Waals surface area contributed by atoms with Crippen molar-refractivity contribution in [1.82, 2.24) is 9.55 Å². The Morgan fingerprint density at radius 3 is 2.74 bits per heavy atom. The summed E-state index contributed by atoms with van der Waals surface area (Å²) < 4.78 is 1.71. The van der Waals surface area contributed by atoms with E-state index >= 15 is 0 Å². The zero-order valence-electron chi connectivity index (χ0n) is 13.0. The van der Waals surface area contributed by atoms with Crippen molar-refractivity contribution in [1.29, 1.82) is 0 Å². The van der Waals surface area contributed by atoms with Gasteiger partial charge in [0.1, 0.15) is 0 Å². The summed E-state index contributed by atoms with van der Waals surface area (Å²) in [6.45, 7) is 4.11. The monoisotopic (exact) mass is 344 g/mol. The van der Waals surface area contributed by atoms with Gasteiger partial charge in [0.25, 0.3) is 5.56 Å². The molecule has 1 aromatic heterocycles. The van der Waals surface area contributed by atoms with Gasteiger partial charge in [-0.2, -0.15) is 0 Å². The topological polar surface area (TPSA) is 34.9 Å². The summed E-state index contributed by atoms with van der Waals surface area (Å²) in [5.41, 5.74) is 2.51. The van der Waals surface area contributed by atoms with Crippen molar-refractivity contribution in [3.8, 4) is 5.69 Å². The van der Waals surface area contributed by atoms with Crippen LogP contribution in [0, 0.1) is 6.92 Å². The van der Waals surface area contributed by atoms with Crippen molar-refractivity contribution in [2.24, 2.45) is 0 Å². The van der Waals surface area contributed by atoms with E-state index in [0.717, 1.165) is 23.4 Å². The number of nitrogens with zero attached hydrogens (tertiary/aromatic N) is 2. The molecule has 3 aromatic rings. The molecule has 118 valence electrons. The largest absolute Gasteiger partial charge is 0.268 e. The molecule has 0 amide bonds. The highest BCUT2D eigenvalue weighted by atomic mass is 35.5. The average Bonchev–Trinajstić information content (AvgIpc) is 2.54. The van der Waals surface area contributed by atoms with Gasteiger partial charge in [0.05, 0.1) is 16.6 Å². The molecule has 3 rings (SSSR count). The summed E-state index contributed by atoms with van der Waals surface area (Å²) in [6, 6.07) is 13.1. The van der Waals surface area contributed by atoms with Gasteiger partial charge >= 0.3 is 0 Å². The zero-order chi connectivity index (χ0) is 16.4. The van der Waals surface area contributed by atoms with Crippen LogP contribution in [-0.4, -0.2) is 15.3 Å². The molecule has 23 heavy (non-hydrogen) atoms. The van der Waals surface area contributed by atoms with E-state index in [-0.39, 0.29) is 5.56 Å². The number of thioether (sulfide) groups is 1. The lowest BCUT2D eigenvalue weighted by molar-refractivity contribution is 0.813. The highest BCUT2D eigenvalue weighted by molar-refractivity contribution is 7.99. The lowest BCUT2D eigenvalue weighted by atomic mass is 10.2. The number of hydrogen-bond donors (Lipinski definition) is 0. The fourth-order valence-electron chi connectivity index (χ4n) is 2.46. The van der Waals surface area contributed by atoms with Crippen molar-refractivity contribution in [2.45, 2.75) is 25.4 Å². The average molecular weight is 345 g/mol. The van der Waals surface area contributed by atoms with Gasteiger partial charge in [0, 0.05) is 10.8 Å². The number of rotatable bonds is 4. The standard InChI is InChI=1S/C18H17ClN2OS/c1-3-10-23-18-20-15-11-13(19)8-9-14(15)17(22)21(18)16-7-5-4-6-12(16)2/h4-9,11H,3,10H2,1-2H3. The van der Waals surface area contributed by atoms with Crippen LogP contribution >= 0.6 is 23.4 Å². The molecule has 0 atom stereocenters. The lowest BCUT2D eigenvalue weighted by Crippen LogP contribution is -2.22. The second kappa shape index (κ2) is 6.77. The summed E-state index contributed by atoms with van der Waals surface area (Å²) in [6.07, 6.45) is 1.02. The number of fused-ring (bicyclic) bond motifs is 1. The molecular formula is C18H17ClN2OS. The summed E-state index contributed by atoms with van der Waals surface area (Å²) in [5, 5.41) is 1.88. The highest BCUT2D eigenvalue weighted by Crippen LogP contribution is 2.24. The van der Waals surface area contributed by atoms with Crippen molar-refractivity contribution >= 4 is 34.3 Å². The molecule has 0 aliphatic carbocycles. The molecule has 0 unspecified atom stereocenters. The second-order valence-corrected chi connectivity index (χ2v) is 6.83. The Bertz CT molecular complexity index is 921. The van der Waals surface area contributed by atoms with Gasteiger partial charge in [-0.15, -0.1) is 0 Å². The maximum atomic E-state index is 13.0. The number of halogens is 1. The number of benzene rings is 2. The number of aryl methyl sites for hydroxylation is 1. The Kier molecular flexibility index (Phi) is 4.74. The molecule has 1 heterocycles. The molecule has 2 aromatic carbocycles. The summed E-state index contributed by atoms with van der Waals surface area (Å²) >= 11 is 7.65. The molecular weight excluding hydrogens is 328 g/mol. The second-order valence-electron chi connectivity index (χ2n) is 5.33. The van der Waals surface area contributed by atoms with E-state index in [9.17, 15) is 4.79 Å². The van der Waals surface area contributed by atoms with Crippen LogP contribution in [0.25, 0.3) is 16.6 Å². The molecule has 0 fully saturated rings. The Labute approximate surface area is 144 Å². The van der Waals surface area contributed by atoms with Crippen molar-refractivity contribution < 1.29 is 0 Å². The quantitative estimate of drug-likeness (QED) is 0.501. The van der Waals surface area contributed by atoms with Gasteiger partial charge in [0.2, 0.25) is 0 Å². The van der Waals surface area contributed by atoms with E-state index in [2.05, 4.69) is 6.92 Å². The van der Waals surface area contributed by atoms with Crippen molar-refractivity contribution in [3.63, 3.8) is 0 Å². The Hall–Kier alpha value is -1.78. The van der Waals surface area contributed by atoms with Gasteiger partial charge in [-0.05, 0) is 43.2 Å². The van der Waals surface area contributed by atoms with Crippen molar-refractivity contribution in [2.75, 3.05) is 5.75 Å². The Morgan fingerprint density at radius 2 is 2.00 bits per heavy atom. The van der Waals surface area contributed by atoms with E-state index in [4.69, 9.17) is 16.6 Å². The van der Waals surface area contributed by atoms with Gasteiger partial charge in [-0.25, -0.2) is 4.98 Å². The van der Waals surface area contributed by atoms with Crippen LogP contribution in [0.2, 0.25) is 5.02 Å². The van der Waals surface area contributed by atoms with Crippen LogP contribution in [0.1, 0.15) is 18.9 Å². The maximum absolute atomic E-state index is 13.0. The molecule has 3 nitrogen and oxygen atoms in total. The first-order valence-corrected chi connectivity index (χ1v) is 8.89. The smallest absolute Gasteiger partial charge is 0.266 e. The van der Waals surface area contributed by atoms with Gasteiger partial charge in [-0.1, -0.05) is 48.5 Å². The van der Waals surface area contributed by atoms with E-state index in [1.54, 1.807) is 34.5 Å². The number of hydrogen-bond acceptors (Lipinski definition) is 3. The predicted octanol–water partition coefficient (Wildman–Crippen LogP) is 4.85. The first-order valence-electron chi connectivity index (χ1n) is 7.53. The summed E-state index contributed by atoms with van der Waals surface area (Å²) in [4.78, 5) is 17.7. The maximum Gasteiger partial charge on any atom is 0.266 e. The molecule has 5 heteroatoms. The van der Waals surface area contributed by atoms with Crippen LogP contribution < -0.4 is 5.56 Å². The minimum Gasteiger partial charge on any atom is -0.268 e. The summed E-state index contributed by atoms with van der Waals surface area (Å²) in [7, 11) is 0.